The monoisotopic (exact) mass is 451 g/mol. The summed E-state index contributed by atoms with van der Waals surface area (Å²) < 4.78 is 38.1. The largest absolute Gasteiger partial charge is 0.520 e. The Labute approximate surface area is 181 Å². The van der Waals surface area contributed by atoms with E-state index < -0.39 is 17.6 Å². The predicted octanol–water partition coefficient (Wildman–Crippen LogP) is 3.79. The zero-order chi connectivity index (χ0) is 21.9. The van der Waals surface area contributed by atoms with Crippen LogP contribution in [-0.4, -0.2) is 79.5 Å². The second-order valence-corrected chi connectivity index (χ2v) is 12.5. The summed E-state index contributed by atoms with van der Waals surface area (Å²) in [6, 6.07) is 0. The van der Waals surface area contributed by atoms with Crippen LogP contribution in [0.5, 0.6) is 0 Å². The molecular formula is C20H45NO6Si2. The van der Waals surface area contributed by atoms with Gasteiger partial charge in [0.05, 0.1) is 0 Å². The molecule has 0 saturated carbocycles. The highest BCUT2D eigenvalue weighted by atomic mass is 28.4. The zero-order valence-corrected chi connectivity index (χ0v) is 22.0. The maximum Gasteiger partial charge on any atom is 0.520 e. The Kier molecular flexibility index (Phi) is 12.7. The molecule has 1 aliphatic rings. The molecule has 0 bridgehead atoms. The highest BCUT2D eigenvalue weighted by molar-refractivity contribution is 6.71. The lowest BCUT2D eigenvalue weighted by atomic mass is 10.2. The minimum atomic E-state index is -3.00. The molecule has 29 heavy (non-hydrogen) atoms. The molecule has 1 aliphatic heterocycles. The van der Waals surface area contributed by atoms with Crippen LogP contribution in [0.3, 0.4) is 0 Å². The van der Waals surface area contributed by atoms with Crippen LogP contribution in [-0.2, 0) is 26.6 Å². The van der Waals surface area contributed by atoms with Crippen molar-refractivity contribution in [3.63, 3.8) is 0 Å². The molecular weight excluding hydrogens is 406 g/mol. The lowest BCUT2D eigenvalue weighted by Crippen LogP contribution is -2.59. The standard InChI is InChI=1S/C20H45NO6Si2/c1-9-16-18(8)27-29(25-14-6,26-15-7)20-19(21(20)17-10-2)28(22-11-3,23-12-4)24-13-5/h18-20H,9-17H2,1-8H3. The normalized spacial score (nSPS) is 23.4. The third-order valence-corrected chi connectivity index (χ3v) is 12.2. The molecule has 0 aromatic carbocycles. The van der Waals surface area contributed by atoms with Crippen molar-refractivity contribution in [3.05, 3.63) is 0 Å². The molecule has 1 fully saturated rings. The quantitative estimate of drug-likeness (QED) is 0.232. The van der Waals surface area contributed by atoms with E-state index in [1.165, 1.54) is 0 Å². The van der Waals surface area contributed by atoms with Gasteiger partial charge >= 0.3 is 17.6 Å². The maximum atomic E-state index is 6.63. The molecule has 0 amide bonds. The summed E-state index contributed by atoms with van der Waals surface area (Å²) in [5, 5.41) is 0. The summed E-state index contributed by atoms with van der Waals surface area (Å²) in [5.74, 6) is 0. The van der Waals surface area contributed by atoms with Gasteiger partial charge in [0, 0.05) is 39.1 Å². The van der Waals surface area contributed by atoms with Gasteiger partial charge in [0.15, 0.2) is 0 Å². The average molecular weight is 452 g/mol. The first-order valence-electron chi connectivity index (χ1n) is 11.6. The van der Waals surface area contributed by atoms with E-state index in [1.807, 2.05) is 34.6 Å². The molecule has 1 heterocycles. The van der Waals surface area contributed by atoms with Crippen molar-refractivity contribution in [3.8, 4) is 0 Å². The Balaban J connectivity index is 3.34. The van der Waals surface area contributed by atoms with Crippen LogP contribution in [0.15, 0.2) is 0 Å². The van der Waals surface area contributed by atoms with Gasteiger partial charge in [0.1, 0.15) is 11.3 Å². The van der Waals surface area contributed by atoms with E-state index in [9.17, 15) is 0 Å². The van der Waals surface area contributed by atoms with E-state index in [0.29, 0.717) is 33.0 Å². The first kappa shape index (κ1) is 27.2. The van der Waals surface area contributed by atoms with Crippen LogP contribution in [0, 0.1) is 0 Å². The summed E-state index contributed by atoms with van der Waals surface area (Å²) in [5.41, 5.74) is 0.0267. The van der Waals surface area contributed by atoms with Gasteiger partial charge in [-0.15, -0.1) is 0 Å². The maximum absolute atomic E-state index is 6.63. The Morgan fingerprint density at radius 2 is 1.07 bits per heavy atom. The van der Waals surface area contributed by atoms with Gasteiger partial charge in [-0.3, -0.25) is 4.90 Å². The molecule has 0 radical (unpaired) electrons. The van der Waals surface area contributed by atoms with E-state index >= 15 is 0 Å². The smallest absolute Gasteiger partial charge is 0.373 e. The zero-order valence-electron chi connectivity index (χ0n) is 20.0. The topological polar surface area (TPSA) is 58.4 Å². The van der Waals surface area contributed by atoms with Crippen molar-refractivity contribution in [2.24, 2.45) is 0 Å². The summed E-state index contributed by atoms with van der Waals surface area (Å²) in [6.07, 6.45) is 3.14. The number of rotatable bonds is 18. The minimum Gasteiger partial charge on any atom is -0.373 e. The fourth-order valence-electron chi connectivity index (χ4n) is 4.09. The molecule has 0 N–H and O–H groups in total. The van der Waals surface area contributed by atoms with Crippen LogP contribution in [0.1, 0.15) is 74.7 Å². The van der Waals surface area contributed by atoms with E-state index in [2.05, 4.69) is 25.7 Å². The van der Waals surface area contributed by atoms with E-state index in [1.54, 1.807) is 0 Å². The minimum absolute atomic E-state index is 0.0120. The molecule has 1 rings (SSSR count). The second-order valence-electron chi connectivity index (χ2n) is 7.22. The average Bonchev–Trinajstić information content (AvgIpc) is 3.38. The van der Waals surface area contributed by atoms with Crippen LogP contribution >= 0.6 is 0 Å². The van der Waals surface area contributed by atoms with Crippen LogP contribution in [0.2, 0.25) is 0 Å². The van der Waals surface area contributed by atoms with Gasteiger partial charge in [-0.1, -0.05) is 20.3 Å². The molecule has 0 aromatic rings. The highest BCUT2D eigenvalue weighted by Gasteiger charge is 2.77. The van der Waals surface area contributed by atoms with Crippen molar-refractivity contribution in [1.29, 1.82) is 0 Å². The molecule has 0 spiro atoms. The Morgan fingerprint density at radius 1 is 0.655 bits per heavy atom. The van der Waals surface area contributed by atoms with Crippen molar-refractivity contribution in [2.75, 3.05) is 39.6 Å². The van der Waals surface area contributed by atoms with Gasteiger partial charge in [-0.05, 0) is 60.9 Å². The SMILES string of the molecule is CCCC(C)O[Si](OCC)(OCC)C1C([Si](OCC)(OCC)OCC)N1CCC. The van der Waals surface area contributed by atoms with Crippen molar-refractivity contribution in [1.82, 2.24) is 4.90 Å². The third-order valence-electron chi connectivity index (χ3n) is 4.92. The number of nitrogens with zero attached hydrogens (tertiary/aromatic N) is 1. The van der Waals surface area contributed by atoms with Crippen molar-refractivity contribution < 1.29 is 26.6 Å². The molecule has 0 aromatic heterocycles. The van der Waals surface area contributed by atoms with Crippen LogP contribution < -0.4 is 0 Å². The number of hydrogen-bond acceptors (Lipinski definition) is 7. The van der Waals surface area contributed by atoms with E-state index in [0.717, 1.165) is 25.8 Å². The summed E-state index contributed by atoms with van der Waals surface area (Å²) in [7, 11) is -5.94. The Morgan fingerprint density at radius 3 is 1.45 bits per heavy atom. The molecule has 9 heteroatoms. The molecule has 4 unspecified atom stereocenters. The van der Waals surface area contributed by atoms with Gasteiger partial charge in [0.2, 0.25) is 0 Å². The lowest BCUT2D eigenvalue weighted by Gasteiger charge is -2.33. The summed E-state index contributed by atoms with van der Waals surface area (Å²) in [6.45, 7) is 20.2. The first-order chi connectivity index (χ1) is 14.0. The van der Waals surface area contributed by atoms with Crippen molar-refractivity contribution in [2.45, 2.75) is 92.1 Å². The van der Waals surface area contributed by atoms with Crippen LogP contribution in [0.4, 0.5) is 0 Å². The Bertz CT molecular complexity index is 422. The fourth-order valence-corrected chi connectivity index (χ4v) is 12.0. The van der Waals surface area contributed by atoms with E-state index in [4.69, 9.17) is 26.6 Å². The molecule has 1 saturated heterocycles. The lowest BCUT2D eigenvalue weighted by molar-refractivity contribution is 0.0297. The summed E-state index contributed by atoms with van der Waals surface area (Å²) in [4.78, 5) is 2.39. The van der Waals surface area contributed by atoms with Crippen molar-refractivity contribution >= 4 is 17.6 Å². The fraction of sp³-hybridized carbons (Fsp3) is 1.00. The molecule has 7 nitrogen and oxygen atoms in total. The molecule has 0 aliphatic carbocycles. The Hall–Kier alpha value is 0.154. The molecule has 4 atom stereocenters. The van der Waals surface area contributed by atoms with Gasteiger partial charge in [0.25, 0.3) is 0 Å². The second kappa shape index (κ2) is 13.5. The third kappa shape index (κ3) is 6.82. The first-order valence-corrected chi connectivity index (χ1v) is 15.2. The predicted molar refractivity (Wildman–Crippen MR) is 120 cm³/mol. The summed E-state index contributed by atoms with van der Waals surface area (Å²) >= 11 is 0. The van der Waals surface area contributed by atoms with Gasteiger partial charge in [-0.2, -0.15) is 0 Å². The molecule has 174 valence electrons. The number of hydrogen-bond donors (Lipinski definition) is 0. The highest BCUT2D eigenvalue weighted by Crippen LogP contribution is 2.44. The van der Waals surface area contributed by atoms with Gasteiger partial charge < -0.3 is 26.6 Å². The van der Waals surface area contributed by atoms with Gasteiger partial charge in [-0.25, -0.2) is 0 Å². The van der Waals surface area contributed by atoms with Crippen LogP contribution in [0.25, 0.3) is 0 Å². The van der Waals surface area contributed by atoms with E-state index in [-0.39, 0.29) is 17.4 Å².